The van der Waals surface area contributed by atoms with E-state index in [4.69, 9.17) is 28.9 Å². The van der Waals surface area contributed by atoms with Crippen molar-refractivity contribution in [1.29, 1.82) is 0 Å². The summed E-state index contributed by atoms with van der Waals surface area (Å²) >= 11 is 1.70. The number of nitrogens with zero attached hydrogens (tertiary/aromatic N) is 6. The van der Waals surface area contributed by atoms with E-state index in [9.17, 15) is 14.7 Å². The Bertz CT molecular complexity index is 2400. The summed E-state index contributed by atoms with van der Waals surface area (Å²) in [5, 5.41) is 12.7. The van der Waals surface area contributed by atoms with Crippen molar-refractivity contribution in [3.63, 3.8) is 0 Å². The van der Waals surface area contributed by atoms with Gasteiger partial charge in [0.1, 0.15) is 25.1 Å². The van der Waals surface area contributed by atoms with Gasteiger partial charge in [-0.25, -0.2) is 4.98 Å². The highest BCUT2D eigenvalue weighted by Crippen LogP contribution is 2.40. The van der Waals surface area contributed by atoms with E-state index in [1.165, 1.54) is 19.1 Å². The molecule has 274 valence electrons. The molecule has 1 N–H and O–H groups in total. The third kappa shape index (κ3) is 5.92. The molecule has 4 aliphatic rings. The van der Waals surface area contributed by atoms with Gasteiger partial charge >= 0.3 is 0 Å². The first-order valence-corrected chi connectivity index (χ1v) is 18.4. The maximum Gasteiger partial charge on any atom is 0.257 e. The van der Waals surface area contributed by atoms with Gasteiger partial charge in [0, 0.05) is 61.1 Å². The van der Waals surface area contributed by atoms with E-state index in [0.717, 1.165) is 17.0 Å². The second kappa shape index (κ2) is 13.4. The van der Waals surface area contributed by atoms with Crippen molar-refractivity contribution in [2.45, 2.75) is 51.4 Å². The molecular weight excluding hydrogens is 709 g/mol. The third-order valence-electron chi connectivity index (χ3n) is 10.4. The number of carbonyl (C=O) groups excluding carboxylic acids is 2. The molecule has 5 aromatic rings. The fourth-order valence-electron chi connectivity index (χ4n) is 7.55. The molecule has 0 spiro atoms. The molecule has 0 aliphatic carbocycles. The van der Waals surface area contributed by atoms with Gasteiger partial charge in [-0.15, -0.1) is 11.3 Å². The van der Waals surface area contributed by atoms with Crippen molar-refractivity contribution in [3.8, 4) is 28.7 Å². The highest BCUT2D eigenvalue weighted by molar-refractivity contribution is 7.10. The van der Waals surface area contributed by atoms with Crippen LogP contribution in [0, 0.1) is 0 Å². The van der Waals surface area contributed by atoms with Crippen molar-refractivity contribution in [2.75, 3.05) is 14.2 Å². The molecule has 14 heteroatoms. The quantitative estimate of drug-likeness (QED) is 0.217. The predicted molar refractivity (Wildman–Crippen MR) is 201 cm³/mol. The first-order valence-electron chi connectivity index (χ1n) is 17.5. The molecule has 2 amide bonds. The second-order valence-corrected chi connectivity index (χ2v) is 14.7. The smallest absolute Gasteiger partial charge is 0.257 e. The van der Waals surface area contributed by atoms with Crippen LogP contribution in [0.3, 0.4) is 0 Å². The zero-order valence-electron chi connectivity index (χ0n) is 29.8. The number of fused-ring (bicyclic) bond motifs is 6. The van der Waals surface area contributed by atoms with Crippen molar-refractivity contribution >= 4 is 41.3 Å². The average Bonchev–Trinajstić information content (AvgIpc) is 3.74. The number of imidazole rings is 1. The number of hydrogen-bond acceptors (Lipinski definition) is 11. The molecule has 6 heterocycles. The summed E-state index contributed by atoms with van der Waals surface area (Å²) in [6.07, 6.45) is 6.38. The molecule has 4 aliphatic heterocycles. The number of aliphatic imine (C=N–C) groups is 2. The van der Waals surface area contributed by atoms with Gasteiger partial charge in [-0.3, -0.25) is 19.6 Å². The second-order valence-electron chi connectivity index (χ2n) is 13.7. The van der Waals surface area contributed by atoms with Crippen molar-refractivity contribution in [1.82, 2.24) is 19.4 Å². The molecule has 0 unspecified atom stereocenters. The monoisotopic (exact) mass is 744 g/mol. The number of aromatic hydroxyl groups is 1. The molecule has 0 saturated carbocycles. The highest BCUT2D eigenvalue weighted by Gasteiger charge is 2.36. The van der Waals surface area contributed by atoms with E-state index in [0.29, 0.717) is 82.4 Å². The number of ether oxygens (including phenoxy) is 4. The van der Waals surface area contributed by atoms with Crippen LogP contribution in [0.4, 0.5) is 5.69 Å². The molecule has 0 bridgehead atoms. The standard InChI is InChI=1S/C40H36N6O7S/c1-44-21-43-31-18-45-26(10-32(31)44)16-41-30-13-36(34(51-3)12-29(30)40(45)49)53-20-23-6-22(7-27(47)8-23)19-52-35-9-25-15-42-38-14-37-24(4-5-54-37)17-46(38)39(48)28(25)11-33(35)50-2/h4-9,11-13,15-16,21,26,38,47H,10,14,17-20H2,1-3H3/t26-,38-/m0/s1. The zero-order chi connectivity index (χ0) is 37.1. The molecule has 0 radical (unpaired) electrons. The van der Waals surface area contributed by atoms with E-state index in [2.05, 4.69) is 16.4 Å². The number of hydrogen-bond donors (Lipinski definition) is 1. The van der Waals surface area contributed by atoms with Crippen molar-refractivity contribution in [3.05, 3.63) is 110 Å². The Balaban J connectivity index is 0.913. The minimum absolute atomic E-state index is 0.0442. The number of benzene rings is 3. The lowest BCUT2D eigenvalue weighted by atomic mass is 10.0. The molecule has 0 saturated heterocycles. The van der Waals surface area contributed by atoms with Gasteiger partial charge in [0.05, 0.1) is 55.6 Å². The lowest BCUT2D eigenvalue weighted by molar-refractivity contribution is 0.0653. The number of phenols is 1. The summed E-state index contributed by atoms with van der Waals surface area (Å²) in [7, 11) is 5.02. The summed E-state index contributed by atoms with van der Waals surface area (Å²) in [6.45, 7) is 1.11. The number of thiophene rings is 1. The Labute approximate surface area is 314 Å². The molecule has 3 aromatic carbocycles. The van der Waals surface area contributed by atoms with E-state index in [-0.39, 0.29) is 43.0 Å². The van der Waals surface area contributed by atoms with Crippen LogP contribution in [0.15, 0.2) is 70.2 Å². The number of rotatable bonds is 8. The lowest BCUT2D eigenvalue weighted by Crippen LogP contribution is -2.44. The van der Waals surface area contributed by atoms with Gasteiger partial charge < -0.3 is 38.4 Å². The zero-order valence-corrected chi connectivity index (χ0v) is 30.6. The summed E-state index contributed by atoms with van der Waals surface area (Å²) in [6, 6.07) is 13.8. The van der Waals surface area contributed by atoms with Gasteiger partial charge in [-0.1, -0.05) is 0 Å². The molecule has 2 aromatic heterocycles. The number of aromatic nitrogens is 2. The highest BCUT2D eigenvalue weighted by atomic mass is 32.1. The van der Waals surface area contributed by atoms with Crippen LogP contribution >= 0.6 is 11.3 Å². The maximum atomic E-state index is 13.8. The first-order chi connectivity index (χ1) is 26.3. The van der Waals surface area contributed by atoms with Crippen molar-refractivity contribution < 1.29 is 33.6 Å². The molecule has 54 heavy (non-hydrogen) atoms. The first kappa shape index (κ1) is 33.7. The Morgan fingerprint density at radius 2 is 1.57 bits per heavy atom. The number of carbonyl (C=O) groups is 2. The Morgan fingerprint density at radius 3 is 2.33 bits per heavy atom. The Morgan fingerprint density at radius 1 is 0.852 bits per heavy atom. The van der Waals surface area contributed by atoms with E-state index >= 15 is 0 Å². The fraction of sp³-hybridized carbons (Fsp3) is 0.275. The van der Waals surface area contributed by atoms with Gasteiger partial charge in [0.15, 0.2) is 23.0 Å². The summed E-state index contributed by atoms with van der Waals surface area (Å²) in [4.78, 5) is 46.3. The summed E-state index contributed by atoms with van der Waals surface area (Å²) in [5.74, 6) is 1.45. The number of amides is 2. The van der Waals surface area contributed by atoms with Crippen LogP contribution in [0.2, 0.25) is 0 Å². The van der Waals surface area contributed by atoms with Gasteiger partial charge in [-0.05, 0) is 64.5 Å². The molecule has 0 fully saturated rings. The van der Waals surface area contributed by atoms with Crippen molar-refractivity contribution in [2.24, 2.45) is 17.0 Å². The maximum absolute atomic E-state index is 13.8. The minimum Gasteiger partial charge on any atom is -0.508 e. The minimum atomic E-state index is -0.265. The van der Waals surface area contributed by atoms with Crippen LogP contribution in [0.5, 0.6) is 28.7 Å². The van der Waals surface area contributed by atoms with Crippen LogP contribution in [0.1, 0.15) is 59.2 Å². The average molecular weight is 745 g/mol. The molecular formula is C40H36N6O7S. The van der Waals surface area contributed by atoms with E-state index < -0.39 is 0 Å². The Kier molecular flexibility index (Phi) is 8.33. The largest absolute Gasteiger partial charge is 0.508 e. The normalized spacial score (nSPS) is 18.1. The lowest BCUT2D eigenvalue weighted by Gasteiger charge is -2.32. The molecule has 9 rings (SSSR count). The van der Waals surface area contributed by atoms with Crippen LogP contribution in [-0.4, -0.2) is 75.1 Å². The summed E-state index contributed by atoms with van der Waals surface area (Å²) in [5.41, 5.74) is 6.58. The Hall–Kier alpha value is -6.15. The van der Waals surface area contributed by atoms with Crippen LogP contribution in [-0.2, 0) is 46.2 Å². The number of phenolic OH excluding ortho intramolecular Hbond substituents is 1. The number of aryl methyl sites for hydroxylation is 1. The predicted octanol–water partition coefficient (Wildman–Crippen LogP) is 5.60. The third-order valence-corrected chi connectivity index (χ3v) is 11.4. The van der Waals surface area contributed by atoms with Crippen LogP contribution < -0.4 is 18.9 Å². The van der Waals surface area contributed by atoms with E-state index in [1.807, 2.05) is 28.8 Å². The van der Waals surface area contributed by atoms with Crippen LogP contribution in [0.25, 0.3) is 0 Å². The SMILES string of the molecule is COc1cc2c(cc1OCc1cc(O)cc(COc3cc4c(cc3OC)C(=O)N3Cc5ncn(C)c5C[C@H]3C=N4)c1)C=N[C@@H]1Cc3sccc3CN1C2=O. The van der Waals surface area contributed by atoms with E-state index in [1.54, 1.807) is 65.2 Å². The van der Waals surface area contributed by atoms with Gasteiger partial charge in [0.2, 0.25) is 0 Å². The topological polar surface area (TPSA) is 140 Å². The van der Waals surface area contributed by atoms with Gasteiger partial charge in [0.25, 0.3) is 11.8 Å². The molecule has 2 atom stereocenters. The van der Waals surface area contributed by atoms with Gasteiger partial charge in [-0.2, -0.15) is 0 Å². The fourth-order valence-corrected chi connectivity index (χ4v) is 8.47. The molecule has 13 nitrogen and oxygen atoms in total. The number of methoxy groups -OCH3 is 2. The summed E-state index contributed by atoms with van der Waals surface area (Å²) < 4.78 is 25.8.